The first-order chi connectivity index (χ1) is 4.89. The van der Waals surface area contributed by atoms with E-state index < -0.39 is 0 Å². The van der Waals surface area contributed by atoms with Crippen LogP contribution in [-0.4, -0.2) is 18.0 Å². The lowest BCUT2D eigenvalue weighted by Gasteiger charge is -1.81. The molecule has 0 N–H and O–H groups in total. The zero-order valence-electron chi connectivity index (χ0n) is 5.05. The number of nitrogens with zero attached hydrogens (tertiary/aromatic N) is 4. The minimum Gasteiger partial charge on any atom is -0.294 e. The van der Waals surface area contributed by atoms with Gasteiger partial charge in [0.1, 0.15) is 6.33 Å². The van der Waals surface area contributed by atoms with Gasteiger partial charge in [0.15, 0.2) is 0 Å². The molecule has 0 aliphatic heterocycles. The van der Waals surface area contributed by atoms with E-state index in [9.17, 15) is 0 Å². The Bertz CT molecular complexity index is 221. The molecule has 0 aromatic carbocycles. The van der Waals surface area contributed by atoms with Crippen LogP contribution >= 0.6 is 22.9 Å². The van der Waals surface area contributed by atoms with E-state index in [4.69, 9.17) is 0 Å². The molecule has 0 bridgehead atoms. The summed E-state index contributed by atoms with van der Waals surface area (Å²) in [7, 11) is 0. The highest BCUT2D eigenvalue weighted by molar-refractivity contribution is 14.1. The van der Waals surface area contributed by atoms with Crippen LogP contribution in [0.2, 0.25) is 0 Å². The summed E-state index contributed by atoms with van der Waals surface area (Å²) in [4.78, 5) is 3.79. The Kier molecular flexibility index (Phi) is 3.07. The van der Waals surface area contributed by atoms with Crippen molar-refractivity contribution >= 4 is 22.9 Å². The van der Waals surface area contributed by atoms with Crippen molar-refractivity contribution in [3.05, 3.63) is 31.1 Å². The van der Waals surface area contributed by atoms with Crippen LogP contribution in [0.15, 0.2) is 31.1 Å². The molecular weight excluding hydrogens is 243 g/mol. The van der Waals surface area contributed by atoms with Crippen molar-refractivity contribution in [3.8, 4) is 0 Å². The quantitative estimate of drug-likeness (QED) is 0.643. The third-order valence-electron chi connectivity index (χ3n) is 0.756. The Hall–Kier alpha value is -0.720. The van der Waals surface area contributed by atoms with E-state index >= 15 is 0 Å². The minimum atomic E-state index is 1.39. The molecule has 0 fully saturated rings. The fraction of sp³-hybridized carbons (Fsp3) is 0. The third kappa shape index (κ3) is 2.72. The van der Waals surface area contributed by atoms with Gasteiger partial charge in [0, 0.05) is 18.6 Å². The number of rotatable bonds is 0. The van der Waals surface area contributed by atoms with Crippen LogP contribution in [0.4, 0.5) is 0 Å². The maximum Gasteiger partial charge on any atom is 0.138 e. The molecule has 5 heteroatoms. The molecule has 0 unspecified atom stereocenters. The lowest BCUT2D eigenvalue weighted by Crippen LogP contribution is -1.71. The second-order valence-electron chi connectivity index (χ2n) is 1.44. The Morgan fingerprint density at radius 2 is 1.90 bits per heavy atom. The summed E-state index contributed by atoms with van der Waals surface area (Å²) < 4.78 is 1.80. The van der Waals surface area contributed by atoms with Gasteiger partial charge in [-0.2, -0.15) is 5.10 Å². The van der Waals surface area contributed by atoms with Crippen LogP contribution in [-0.2, 0) is 0 Å². The van der Waals surface area contributed by atoms with Crippen LogP contribution in [0.5, 0.6) is 0 Å². The zero-order chi connectivity index (χ0) is 7.23. The third-order valence-corrected chi connectivity index (χ3v) is 1.40. The van der Waals surface area contributed by atoms with Crippen molar-refractivity contribution in [2.24, 2.45) is 0 Å². The monoisotopic (exact) mass is 248 g/mol. The topological polar surface area (TPSA) is 43.6 Å². The van der Waals surface area contributed by atoms with E-state index in [1.54, 1.807) is 27.6 Å². The maximum absolute atomic E-state index is 3.79. The molecule has 0 aliphatic carbocycles. The largest absolute Gasteiger partial charge is 0.294 e. The van der Waals surface area contributed by atoms with Crippen LogP contribution in [0.3, 0.4) is 0 Å². The van der Waals surface area contributed by atoms with E-state index in [1.807, 2.05) is 0 Å². The summed E-state index contributed by atoms with van der Waals surface area (Å²) in [5.74, 6) is 0. The predicted octanol–water partition coefficient (Wildman–Crippen LogP) is 0.996. The minimum absolute atomic E-state index is 1.39. The first-order valence-corrected chi connectivity index (χ1v) is 3.55. The molecule has 0 saturated carbocycles. The van der Waals surface area contributed by atoms with Crippen LogP contribution in [0.1, 0.15) is 0 Å². The van der Waals surface area contributed by atoms with Crippen molar-refractivity contribution in [3.63, 3.8) is 0 Å². The van der Waals surface area contributed by atoms with E-state index in [0.717, 1.165) is 0 Å². The average molecular weight is 248 g/mol. The van der Waals surface area contributed by atoms with Gasteiger partial charge >= 0.3 is 0 Å². The van der Waals surface area contributed by atoms with Gasteiger partial charge in [-0.3, -0.25) is 2.78 Å². The number of halogens is 1. The molecule has 4 nitrogen and oxygen atoms in total. The summed E-state index contributed by atoms with van der Waals surface area (Å²) in [6.07, 6.45) is 8.19. The fourth-order valence-electron chi connectivity index (χ4n) is 0.382. The van der Waals surface area contributed by atoms with Gasteiger partial charge in [-0.05, 0) is 0 Å². The van der Waals surface area contributed by atoms with Crippen LogP contribution in [0.25, 0.3) is 0 Å². The highest BCUT2D eigenvalue weighted by atomic mass is 127. The van der Waals surface area contributed by atoms with Gasteiger partial charge < -0.3 is 0 Å². The van der Waals surface area contributed by atoms with Gasteiger partial charge in [-0.1, -0.05) is 0 Å². The second kappa shape index (κ2) is 4.15. The molecule has 1 aromatic heterocycles. The van der Waals surface area contributed by atoms with Crippen LogP contribution in [0, 0.1) is 0 Å². The van der Waals surface area contributed by atoms with E-state index in [0.29, 0.717) is 0 Å². The molecule has 0 radical (unpaired) electrons. The molecule has 1 rings (SSSR count). The second-order valence-corrected chi connectivity index (χ2v) is 2.55. The lowest BCUT2D eigenvalue weighted by molar-refractivity contribution is 1.01. The van der Waals surface area contributed by atoms with Crippen molar-refractivity contribution in [1.29, 1.82) is 0 Å². The molecule has 0 atom stereocenters. The Morgan fingerprint density at radius 3 is 2.80 bits per heavy atom. The smallest absolute Gasteiger partial charge is 0.138 e. The molecule has 1 aromatic rings. The highest BCUT2D eigenvalue weighted by Gasteiger charge is 1.68. The van der Waals surface area contributed by atoms with Gasteiger partial charge in [0.05, 0.1) is 29.1 Å². The van der Waals surface area contributed by atoms with E-state index in [1.165, 1.54) is 6.33 Å². The van der Waals surface area contributed by atoms with Gasteiger partial charge in [-0.25, -0.2) is 4.98 Å². The van der Waals surface area contributed by atoms with E-state index in [-0.39, 0.29) is 0 Å². The van der Waals surface area contributed by atoms with Gasteiger partial charge in [-0.15, -0.1) is 5.10 Å². The number of aromatic nitrogens is 4. The number of hydrogen-bond donors (Lipinski definition) is 0. The van der Waals surface area contributed by atoms with Crippen molar-refractivity contribution in [2.45, 2.75) is 0 Å². The predicted molar refractivity (Wildman–Crippen MR) is 44.9 cm³/mol. The number of hydrogen-bond acceptors (Lipinski definition) is 3. The van der Waals surface area contributed by atoms with Crippen LogP contribution < -0.4 is 0 Å². The Balaban J connectivity index is 3.13. The van der Waals surface area contributed by atoms with Gasteiger partial charge in [0.25, 0.3) is 0 Å². The van der Waals surface area contributed by atoms with Crippen molar-refractivity contribution < 1.29 is 0 Å². The first-order valence-electron chi connectivity index (χ1n) is 2.58. The first kappa shape index (κ1) is 7.39. The Labute approximate surface area is 72.1 Å². The SMILES string of the molecule is In1ccncnncc1. The van der Waals surface area contributed by atoms with Crippen molar-refractivity contribution in [1.82, 2.24) is 18.0 Å². The molecule has 10 heavy (non-hydrogen) atoms. The highest BCUT2D eigenvalue weighted by Crippen LogP contribution is 1.86. The molecule has 0 saturated heterocycles. The standard InChI is InChI=1S/C5H5IN4/c6-10-3-1-7-5-9-8-2-4-10/h1-5H. The fourth-order valence-corrected chi connectivity index (χ4v) is 0.670. The van der Waals surface area contributed by atoms with E-state index in [2.05, 4.69) is 38.0 Å². The summed E-state index contributed by atoms with van der Waals surface area (Å²) in [6, 6.07) is 0. The molecular formula is C5H5IN4. The van der Waals surface area contributed by atoms with Crippen molar-refractivity contribution in [2.75, 3.05) is 0 Å². The lowest BCUT2D eigenvalue weighted by atomic mass is 10.9. The summed E-state index contributed by atoms with van der Waals surface area (Å²) in [5, 5.41) is 7.24. The summed E-state index contributed by atoms with van der Waals surface area (Å²) in [6.45, 7) is 0. The average Bonchev–Trinajstić information content (AvgIpc) is 2.02. The summed E-state index contributed by atoms with van der Waals surface area (Å²) in [5.41, 5.74) is 0. The normalized spacial score (nSPS) is 8.50. The molecule has 52 valence electrons. The van der Waals surface area contributed by atoms with Gasteiger partial charge in [0.2, 0.25) is 0 Å². The summed E-state index contributed by atoms with van der Waals surface area (Å²) >= 11 is 2.10. The molecule has 0 aliphatic rings. The Morgan fingerprint density at radius 1 is 1.10 bits per heavy atom. The zero-order valence-corrected chi connectivity index (χ0v) is 7.21. The maximum atomic E-state index is 3.79. The molecule has 0 spiro atoms. The molecule has 0 amide bonds. The molecule has 1 heterocycles.